The molecule has 19 heavy (non-hydrogen) atoms. The minimum atomic E-state index is 0.492. The molecule has 0 fully saturated rings. The Kier molecular flexibility index (Phi) is 8.89. The molecule has 0 amide bonds. The first-order valence-corrected chi connectivity index (χ1v) is 7.48. The van der Waals surface area contributed by atoms with Crippen LogP contribution in [0.3, 0.4) is 0 Å². The second-order valence-electron chi connectivity index (χ2n) is 4.96. The molecule has 3 heteroatoms. The Balaban J connectivity index is 2.20. The van der Waals surface area contributed by atoms with Gasteiger partial charge in [0.15, 0.2) is 0 Å². The van der Waals surface area contributed by atoms with Gasteiger partial charge in [-0.3, -0.25) is 0 Å². The number of ether oxygens (including phenoxy) is 2. The molecule has 1 aromatic rings. The molecule has 0 saturated heterocycles. The van der Waals surface area contributed by atoms with E-state index in [0.29, 0.717) is 11.8 Å². The van der Waals surface area contributed by atoms with Crippen molar-refractivity contribution in [2.75, 3.05) is 32.8 Å². The normalized spacial score (nSPS) is 12.6. The average Bonchev–Trinajstić information content (AvgIpc) is 2.43. The Labute approximate surface area is 122 Å². The standard InChI is InChI=1S/C16H25ClO2/c1-14-4-6-15(7-5-14)12-16(13-17)8-11-19-10-3-9-18-2/h4-7,16H,3,8-13H2,1-2H3. The van der Waals surface area contributed by atoms with E-state index >= 15 is 0 Å². The Bertz CT molecular complexity index is 324. The average molecular weight is 285 g/mol. The highest BCUT2D eigenvalue weighted by Gasteiger charge is 2.08. The molecule has 0 saturated carbocycles. The van der Waals surface area contributed by atoms with Crippen LogP contribution in [0.2, 0.25) is 0 Å². The van der Waals surface area contributed by atoms with Crippen molar-refractivity contribution >= 4 is 11.6 Å². The summed E-state index contributed by atoms with van der Waals surface area (Å²) < 4.78 is 10.6. The van der Waals surface area contributed by atoms with Gasteiger partial charge in [-0.15, -0.1) is 11.6 Å². The molecule has 0 aliphatic rings. The summed E-state index contributed by atoms with van der Waals surface area (Å²) >= 11 is 6.04. The van der Waals surface area contributed by atoms with Crippen LogP contribution in [-0.4, -0.2) is 32.8 Å². The zero-order chi connectivity index (χ0) is 13.9. The van der Waals surface area contributed by atoms with E-state index in [-0.39, 0.29) is 0 Å². The first kappa shape index (κ1) is 16.5. The van der Waals surface area contributed by atoms with E-state index in [1.807, 2.05) is 0 Å². The maximum absolute atomic E-state index is 6.04. The summed E-state index contributed by atoms with van der Waals surface area (Å²) in [5.41, 5.74) is 2.66. The minimum Gasteiger partial charge on any atom is -0.385 e. The first-order chi connectivity index (χ1) is 9.26. The fourth-order valence-corrected chi connectivity index (χ4v) is 2.21. The van der Waals surface area contributed by atoms with Gasteiger partial charge in [0.05, 0.1) is 0 Å². The summed E-state index contributed by atoms with van der Waals surface area (Å²) in [5.74, 6) is 1.18. The van der Waals surface area contributed by atoms with Gasteiger partial charge in [-0.05, 0) is 37.7 Å². The predicted octanol–water partition coefficient (Wildman–Crippen LogP) is 3.84. The second kappa shape index (κ2) is 10.2. The Morgan fingerprint density at radius 3 is 2.47 bits per heavy atom. The van der Waals surface area contributed by atoms with Gasteiger partial charge < -0.3 is 9.47 Å². The van der Waals surface area contributed by atoms with E-state index in [0.717, 1.165) is 39.1 Å². The lowest BCUT2D eigenvalue weighted by molar-refractivity contribution is 0.0951. The highest BCUT2D eigenvalue weighted by Crippen LogP contribution is 2.15. The van der Waals surface area contributed by atoms with Crippen LogP contribution >= 0.6 is 11.6 Å². The van der Waals surface area contributed by atoms with E-state index in [1.165, 1.54) is 11.1 Å². The zero-order valence-corrected chi connectivity index (χ0v) is 12.8. The summed E-state index contributed by atoms with van der Waals surface area (Å²) in [5, 5.41) is 0. The lowest BCUT2D eigenvalue weighted by Crippen LogP contribution is -2.11. The van der Waals surface area contributed by atoms with Gasteiger partial charge in [0, 0.05) is 32.8 Å². The molecule has 1 atom stereocenters. The second-order valence-corrected chi connectivity index (χ2v) is 5.27. The molecule has 0 bridgehead atoms. The number of hydrogen-bond donors (Lipinski definition) is 0. The number of aryl methyl sites for hydroxylation is 1. The molecule has 2 nitrogen and oxygen atoms in total. The third-order valence-corrected chi connectivity index (χ3v) is 3.61. The first-order valence-electron chi connectivity index (χ1n) is 6.94. The Morgan fingerprint density at radius 1 is 1.11 bits per heavy atom. The van der Waals surface area contributed by atoms with Crippen LogP contribution in [0.25, 0.3) is 0 Å². The third-order valence-electron chi connectivity index (χ3n) is 3.17. The number of benzene rings is 1. The number of halogens is 1. The Morgan fingerprint density at radius 2 is 1.84 bits per heavy atom. The van der Waals surface area contributed by atoms with E-state index in [2.05, 4.69) is 31.2 Å². The van der Waals surface area contributed by atoms with E-state index < -0.39 is 0 Å². The molecule has 0 aromatic heterocycles. The fraction of sp³-hybridized carbons (Fsp3) is 0.625. The van der Waals surface area contributed by atoms with Crippen molar-refractivity contribution in [1.29, 1.82) is 0 Å². The summed E-state index contributed by atoms with van der Waals surface area (Å²) in [6.45, 7) is 4.43. The highest BCUT2D eigenvalue weighted by molar-refractivity contribution is 6.18. The molecule has 1 rings (SSSR count). The summed E-state index contributed by atoms with van der Waals surface area (Å²) in [7, 11) is 1.71. The maximum atomic E-state index is 6.04. The van der Waals surface area contributed by atoms with Gasteiger partial charge in [-0.1, -0.05) is 29.8 Å². The van der Waals surface area contributed by atoms with Crippen molar-refractivity contribution in [3.05, 3.63) is 35.4 Å². The molecular weight excluding hydrogens is 260 g/mol. The summed E-state index contributed by atoms with van der Waals surface area (Å²) in [6, 6.07) is 8.69. The van der Waals surface area contributed by atoms with E-state index in [1.54, 1.807) is 7.11 Å². The van der Waals surface area contributed by atoms with Crippen LogP contribution in [0, 0.1) is 12.8 Å². The maximum Gasteiger partial charge on any atom is 0.0487 e. The monoisotopic (exact) mass is 284 g/mol. The number of alkyl halides is 1. The Hall–Kier alpha value is -0.570. The topological polar surface area (TPSA) is 18.5 Å². The lowest BCUT2D eigenvalue weighted by atomic mass is 9.98. The van der Waals surface area contributed by atoms with Gasteiger partial charge in [-0.25, -0.2) is 0 Å². The van der Waals surface area contributed by atoms with Crippen molar-refractivity contribution in [2.24, 2.45) is 5.92 Å². The summed E-state index contributed by atoms with van der Waals surface area (Å²) in [6.07, 6.45) is 3.01. The largest absolute Gasteiger partial charge is 0.385 e. The van der Waals surface area contributed by atoms with Gasteiger partial charge in [0.25, 0.3) is 0 Å². The van der Waals surface area contributed by atoms with Gasteiger partial charge in [0.2, 0.25) is 0 Å². The number of methoxy groups -OCH3 is 1. The van der Waals surface area contributed by atoms with Gasteiger partial charge >= 0.3 is 0 Å². The third kappa shape index (κ3) is 7.56. The van der Waals surface area contributed by atoms with Crippen LogP contribution < -0.4 is 0 Å². The van der Waals surface area contributed by atoms with Gasteiger partial charge in [-0.2, -0.15) is 0 Å². The van der Waals surface area contributed by atoms with Crippen molar-refractivity contribution in [1.82, 2.24) is 0 Å². The van der Waals surface area contributed by atoms with Crippen molar-refractivity contribution < 1.29 is 9.47 Å². The van der Waals surface area contributed by atoms with E-state index in [9.17, 15) is 0 Å². The molecular formula is C16H25ClO2. The zero-order valence-electron chi connectivity index (χ0n) is 12.0. The molecule has 0 aliphatic carbocycles. The van der Waals surface area contributed by atoms with Crippen LogP contribution in [0.4, 0.5) is 0 Å². The molecule has 1 aromatic carbocycles. The molecule has 0 spiro atoms. The number of rotatable bonds is 10. The van der Waals surface area contributed by atoms with Gasteiger partial charge in [0.1, 0.15) is 0 Å². The van der Waals surface area contributed by atoms with Crippen LogP contribution in [-0.2, 0) is 15.9 Å². The SMILES string of the molecule is COCCCOCCC(CCl)Cc1ccc(C)cc1. The van der Waals surface area contributed by atoms with Crippen molar-refractivity contribution in [3.63, 3.8) is 0 Å². The lowest BCUT2D eigenvalue weighted by Gasteiger charge is -2.14. The fourth-order valence-electron chi connectivity index (χ4n) is 1.95. The molecule has 0 heterocycles. The van der Waals surface area contributed by atoms with Crippen LogP contribution in [0.1, 0.15) is 24.0 Å². The van der Waals surface area contributed by atoms with E-state index in [4.69, 9.17) is 21.1 Å². The van der Waals surface area contributed by atoms with Crippen LogP contribution in [0.5, 0.6) is 0 Å². The number of hydrogen-bond acceptors (Lipinski definition) is 2. The predicted molar refractivity (Wildman–Crippen MR) is 81.0 cm³/mol. The molecule has 0 N–H and O–H groups in total. The minimum absolute atomic E-state index is 0.492. The molecule has 108 valence electrons. The van der Waals surface area contributed by atoms with Crippen molar-refractivity contribution in [2.45, 2.75) is 26.2 Å². The summed E-state index contributed by atoms with van der Waals surface area (Å²) in [4.78, 5) is 0. The smallest absolute Gasteiger partial charge is 0.0487 e. The van der Waals surface area contributed by atoms with Crippen molar-refractivity contribution in [3.8, 4) is 0 Å². The molecule has 0 aliphatic heterocycles. The quantitative estimate of drug-likeness (QED) is 0.480. The van der Waals surface area contributed by atoms with Crippen LogP contribution in [0.15, 0.2) is 24.3 Å². The highest BCUT2D eigenvalue weighted by atomic mass is 35.5. The molecule has 0 radical (unpaired) electrons. The molecule has 1 unspecified atom stereocenters.